The van der Waals surface area contributed by atoms with Gasteiger partial charge in [0.05, 0.1) is 5.02 Å². The van der Waals surface area contributed by atoms with E-state index in [-0.39, 0.29) is 0 Å². The van der Waals surface area contributed by atoms with Crippen LogP contribution in [0.5, 0.6) is 0 Å². The average Bonchev–Trinajstić information content (AvgIpc) is 2.32. The molecule has 0 unspecified atom stereocenters. The Balaban J connectivity index is 2.81. The summed E-state index contributed by atoms with van der Waals surface area (Å²) in [4.78, 5) is 33.7. The molecule has 7 nitrogen and oxygen atoms in total. The molecule has 0 aliphatic carbocycles. The third-order valence-electron chi connectivity index (χ3n) is 2.11. The van der Waals surface area contributed by atoms with E-state index in [2.05, 4.69) is 21.2 Å². The highest BCUT2D eigenvalue weighted by molar-refractivity contribution is 9.10. The molecule has 108 valence electrons. The molecule has 0 fully saturated rings. The first-order valence-corrected chi connectivity index (χ1v) is 6.41. The summed E-state index contributed by atoms with van der Waals surface area (Å²) in [6.45, 7) is -1.44. The first-order valence-electron chi connectivity index (χ1n) is 5.24. The minimum Gasteiger partial charge on any atom is -0.480 e. The third kappa shape index (κ3) is 5.06. The van der Waals surface area contributed by atoms with Crippen LogP contribution in [-0.2, 0) is 9.59 Å². The lowest BCUT2D eigenvalue weighted by Gasteiger charge is -2.19. The van der Waals surface area contributed by atoms with E-state index in [1.54, 1.807) is 6.07 Å². The van der Waals surface area contributed by atoms with E-state index in [1.165, 1.54) is 12.1 Å². The van der Waals surface area contributed by atoms with Gasteiger partial charge in [0.15, 0.2) is 0 Å². The fraction of sp³-hybridized carbons (Fsp3) is 0.182. The largest absolute Gasteiger partial charge is 0.480 e. The molecule has 2 amide bonds. The van der Waals surface area contributed by atoms with Gasteiger partial charge in [0.25, 0.3) is 0 Å². The number of carbonyl (C=O) groups is 3. The van der Waals surface area contributed by atoms with Gasteiger partial charge in [-0.1, -0.05) is 11.6 Å². The van der Waals surface area contributed by atoms with Crippen molar-refractivity contribution in [2.75, 3.05) is 18.4 Å². The molecular formula is C11H10BrClN2O5. The van der Waals surface area contributed by atoms with Crippen LogP contribution in [0.2, 0.25) is 5.02 Å². The molecule has 0 spiro atoms. The number of hydrogen-bond donors (Lipinski definition) is 3. The number of carboxylic acids is 2. The Morgan fingerprint density at radius 2 is 1.75 bits per heavy atom. The lowest BCUT2D eigenvalue weighted by atomic mass is 10.3. The maximum absolute atomic E-state index is 11.8. The number of halogens is 2. The van der Waals surface area contributed by atoms with E-state index >= 15 is 0 Å². The fourth-order valence-electron chi connectivity index (χ4n) is 1.30. The van der Waals surface area contributed by atoms with Crippen LogP contribution in [0.25, 0.3) is 0 Å². The summed E-state index contributed by atoms with van der Waals surface area (Å²) in [5, 5.41) is 20.0. The summed E-state index contributed by atoms with van der Waals surface area (Å²) < 4.78 is 0.630. The second-order valence-electron chi connectivity index (χ2n) is 3.70. The van der Waals surface area contributed by atoms with Gasteiger partial charge in [-0.15, -0.1) is 0 Å². The molecule has 1 aromatic carbocycles. The number of nitrogens with one attached hydrogen (secondary N) is 1. The van der Waals surface area contributed by atoms with Gasteiger partial charge in [-0.05, 0) is 34.1 Å². The maximum atomic E-state index is 11.8. The van der Waals surface area contributed by atoms with Crippen molar-refractivity contribution in [3.63, 3.8) is 0 Å². The van der Waals surface area contributed by atoms with Crippen LogP contribution in [0.3, 0.4) is 0 Å². The second-order valence-corrected chi connectivity index (χ2v) is 4.96. The van der Waals surface area contributed by atoms with Gasteiger partial charge < -0.3 is 20.4 Å². The quantitative estimate of drug-likeness (QED) is 0.741. The summed E-state index contributed by atoms with van der Waals surface area (Å²) >= 11 is 9.02. The molecule has 1 rings (SSSR count). The topological polar surface area (TPSA) is 107 Å². The van der Waals surface area contributed by atoms with Crippen molar-refractivity contribution in [1.29, 1.82) is 0 Å². The van der Waals surface area contributed by atoms with E-state index in [9.17, 15) is 14.4 Å². The Hall–Kier alpha value is -1.80. The summed E-state index contributed by atoms with van der Waals surface area (Å²) in [7, 11) is 0. The molecule has 20 heavy (non-hydrogen) atoms. The maximum Gasteiger partial charge on any atom is 0.323 e. The van der Waals surface area contributed by atoms with Crippen molar-refractivity contribution in [3.8, 4) is 0 Å². The first kappa shape index (κ1) is 16.3. The molecular weight excluding hydrogens is 355 g/mol. The average molecular weight is 366 g/mol. The highest BCUT2D eigenvalue weighted by atomic mass is 79.9. The number of urea groups is 1. The highest BCUT2D eigenvalue weighted by Crippen LogP contribution is 2.25. The van der Waals surface area contributed by atoms with E-state index < -0.39 is 31.1 Å². The van der Waals surface area contributed by atoms with Crippen LogP contribution < -0.4 is 5.32 Å². The highest BCUT2D eigenvalue weighted by Gasteiger charge is 2.19. The van der Waals surface area contributed by atoms with Crippen molar-refractivity contribution in [3.05, 3.63) is 27.7 Å². The van der Waals surface area contributed by atoms with Crippen LogP contribution in [0.4, 0.5) is 10.5 Å². The van der Waals surface area contributed by atoms with Crippen LogP contribution in [0, 0.1) is 0 Å². The smallest absolute Gasteiger partial charge is 0.323 e. The van der Waals surface area contributed by atoms with Crippen LogP contribution in [0.1, 0.15) is 0 Å². The minimum atomic E-state index is -1.31. The standard InChI is InChI=1S/C11H10BrClN2O5/c12-7-2-1-6(3-8(7)13)14-11(20)15(4-9(16)17)5-10(18)19/h1-3H,4-5H2,(H,14,20)(H,16,17)(H,18,19). The van der Waals surface area contributed by atoms with Gasteiger partial charge in [0.1, 0.15) is 13.1 Å². The normalized spacial score (nSPS) is 9.90. The van der Waals surface area contributed by atoms with Crippen LogP contribution in [0.15, 0.2) is 22.7 Å². The number of amides is 2. The zero-order valence-corrected chi connectivity index (χ0v) is 12.3. The predicted octanol–water partition coefficient (Wildman–Crippen LogP) is 2.11. The first-order chi connectivity index (χ1) is 9.29. The molecule has 0 aliphatic rings. The lowest BCUT2D eigenvalue weighted by molar-refractivity contribution is -0.140. The molecule has 0 radical (unpaired) electrons. The van der Waals surface area contributed by atoms with Crippen molar-refractivity contribution in [2.24, 2.45) is 0 Å². The zero-order chi connectivity index (χ0) is 15.3. The summed E-state index contributed by atoms with van der Waals surface area (Å²) in [5.74, 6) is -2.62. The van der Waals surface area contributed by atoms with Crippen LogP contribution in [-0.4, -0.2) is 46.2 Å². The number of rotatable bonds is 5. The Morgan fingerprint density at radius 3 is 2.20 bits per heavy atom. The number of aliphatic carboxylic acids is 2. The Labute approximate surface area is 127 Å². The Kier molecular flexibility index (Phi) is 5.78. The molecule has 0 saturated heterocycles. The molecule has 9 heteroatoms. The fourth-order valence-corrected chi connectivity index (χ4v) is 1.73. The van der Waals surface area contributed by atoms with Gasteiger partial charge in [0.2, 0.25) is 0 Å². The Morgan fingerprint density at radius 1 is 1.20 bits per heavy atom. The van der Waals surface area contributed by atoms with E-state index in [0.29, 0.717) is 20.1 Å². The van der Waals surface area contributed by atoms with Gasteiger partial charge in [-0.2, -0.15) is 0 Å². The predicted molar refractivity (Wildman–Crippen MR) is 75.0 cm³/mol. The number of carbonyl (C=O) groups excluding carboxylic acids is 1. The molecule has 3 N–H and O–H groups in total. The van der Waals surface area contributed by atoms with E-state index in [4.69, 9.17) is 21.8 Å². The zero-order valence-electron chi connectivity index (χ0n) is 9.97. The number of benzene rings is 1. The van der Waals surface area contributed by atoms with Gasteiger partial charge in [0, 0.05) is 10.2 Å². The second kappa shape index (κ2) is 7.11. The Bertz CT molecular complexity index is 536. The molecule has 0 bridgehead atoms. The number of hydrogen-bond acceptors (Lipinski definition) is 3. The monoisotopic (exact) mass is 364 g/mol. The summed E-state index contributed by atoms with van der Waals surface area (Å²) in [6, 6.07) is 3.74. The number of anilines is 1. The van der Waals surface area contributed by atoms with E-state index in [1.807, 2.05) is 0 Å². The molecule has 0 heterocycles. The number of carboxylic acid groups (broad SMARTS) is 2. The SMILES string of the molecule is O=C(O)CN(CC(=O)O)C(=O)Nc1ccc(Br)c(Cl)c1. The van der Waals surface area contributed by atoms with E-state index in [0.717, 1.165) is 0 Å². The van der Waals surface area contributed by atoms with Gasteiger partial charge in [-0.3, -0.25) is 9.59 Å². The molecule has 0 atom stereocenters. The molecule has 0 saturated carbocycles. The van der Waals surface area contributed by atoms with Gasteiger partial charge in [-0.25, -0.2) is 4.79 Å². The lowest BCUT2D eigenvalue weighted by Crippen LogP contribution is -2.41. The van der Waals surface area contributed by atoms with Crippen LogP contribution >= 0.6 is 27.5 Å². The number of nitrogens with zero attached hydrogens (tertiary/aromatic N) is 1. The minimum absolute atomic E-state index is 0.323. The van der Waals surface area contributed by atoms with Crippen molar-refractivity contribution < 1.29 is 24.6 Å². The van der Waals surface area contributed by atoms with Crippen molar-refractivity contribution in [2.45, 2.75) is 0 Å². The van der Waals surface area contributed by atoms with Crippen molar-refractivity contribution >= 4 is 51.2 Å². The summed E-state index contributed by atoms with van der Waals surface area (Å²) in [5.41, 5.74) is 0.323. The summed E-state index contributed by atoms with van der Waals surface area (Å²) in [6.07, 6.45) is 0. The molecule has 0 aromatic heterocycles. The van der Waals surface area contributed by atoms with Gasteiger partial charge >= 0.3 is 18.0 Å². The third-order valence-corrected chi connectivity index (χ3v) is 3.34. The molecule has 1 aromatic rings. The molecule has 0 aliphatic heterocycles. The van der Waals surface area contributed by atoms with Crippen molar-refractivity contribution in [1.82, 2.24) is 4.90 Å².